The fourth-order valence-electron chi connectivity index (χ4n) is 3.58. The van der Waals surface area contributed by atoms with Crippen LogP contribution in [-0.4, -0.2) is 47.6 Å². The Labute approximate surface area is 166 Å². The fraction of sp³-hybridized carbons (Fsp3) is 0.250. The van der Waals surface area contributed by atoms with Gasteiger partial charge in [-0.3, -0.25) is 14.8 Å². The Hall–Kier alpha value is -3.75. The molecule has 3 aromatic rings. The highest BCUT2D eigenvalue weighted by Crippen LogP contribution is 2.35. The van der Waals surface area contributed by atoms with E-state index in [1.165, 1.54) is 0 Å². The third kappa shape index (κ3) is 3.10. The largest absolute Gasteiger partial charge is 0.480 e. The molecule has 29 heavy (non-hydrogen) atoms. The molecule has 0 bridgehead atoms. The van der Waals surface area contributed by atoms with Gasteiger partial charge in [-0.05, 0) is 30.7 Å². The number of H-pyrrole nitrogens is 1. The quantitative estimate of drug-likeness (QED) is 0.686. The molecular formula is C20H19N5O4. The number of fused-ring (bicyclic) bond motifs is 1. The number of pyridine rings is 1. The highest BCUT2D eigenvalue weighted by Gasteiger charge is 2.34. The highest BCUT2D eigenvalue weighted by atomic mass is 16.7. The van der Waals surface area contributed by atoms with Gasteiger partial charge in [0.05, 0.1) is 13.3 Å². The summed E-state index contributed by atoms with van der Waals surface area (Å²) in [6.07, 6.45) is 4.14. The fourth-order valence-corrected chi connectivity index (χ4v) is 3.58. The summed E-state index contributed by atoms with van der Waals surface area (Å²) in [5, 5.41) is 10.0. The molecule has 1 fully saturated rings. The summed E-state index contributed by atoms with van der Waals surface area (Å²) in [5.74, 6) is 2.37. The second-order valence-electron chi connectivity index (χ2n) is 6.76. The third-order valence-electron chi connectivity index (χ3n) is 5.04. The molecule has 2 aliphatic heterocycles. The lowest BCUT2D eigenvalue weighted by Gasteiger charge is -2.18. The van der Waals surface area contributed by atoms with Crippen LogP contribution in [0, 0.1) is 0 Å². The van der Waals surface area contributed by atoms with Gasteiger partial charge in [-0.15, -0.1) is 0 Å². The van der Waals surface area contributed by atoms with E-state index in [-0.39, 0.29) is 18.7 Å². The molecular weight excluding hydrogens is 374 g/mol. The van der Waals surface area contributed by atoms with Crippen LogP contribution in [-0.2, 0) is 4.79 Å². The zero-order valence-corrected chi connectivity index (χ0v) is 15.7. The standard InChI is InChI=1S/C20H19N5O4/c1-27-19-14(12-9-21-22-10-12)3-5-18(24-19)25-7-6-15(20(25)26)23-13-2-4-16-17(8-13)29-11-28-16/h2-5,8-10,15,23H,6-7,11H2,1H3,(H,21,22). The van der Waals surface area contributed by atoms with Crippen LogP contribution in [0.4, 0.5) is 11.5 Å². The van der Waals surface area contributed by atoms with Gasteiger partial charge < -0.3 is 19.5 Å². The number of aromatic nitrogens is 3. The minimum Gasteiger partial charge on any atom is -0.480 e. The van der Waals surface area contributed by atoms with Gasteiger partial charge in [0.1, 0.15) is 11.9 Å². The summed E-state index contributed by atoms with van der Waals surface area (Å²) in [6.45, 7) is 0.791. The summed E-state index contributed by atoms with van der Waals surface area (Å²) in [7, 11) is 1.56. The van der Waals surface area contributed by atoms with Crippen molar-refractivity contribution in [3.05, 3.63) is 42.7 Å². The number of benzene rings is 1. The van der Waals surface area contributed by atoms with Gasteiger partial charge in [0.25, 0.3) is 5.91 Å². The first kappa shape index (κ1) is 17.4. The van der Waals surface area contributed by atoms with Gasteiger partial charge in [-0.2, -0.15) is 10.1 Å². The summed E-state index contributed by atoms with van der Waals surface area (Å²) in [6, 6.07) is 8.94. The second kappa shape index (κ2) is 7.01. The summed E-state index contributed by atoms with van der Waals surface area (Å²) in [4.78, 5) is 19.2. The van der Waals surface area contributed by atoms with Gasteiger partial charge in [0, 0.05) is 35.6 Å². The molecule has 0 aliphatic carbocycles. The number of amides is 1. The number of aromatic amines is 1. The van der Waals surface area contributed by atoms with Crippen molar-refractivity contribution < 1.29 is 19.0 Å². The van der Waals surface area contributed by atoms with Crippen molar-refractivity contribution in [1.82, 2.24) is 15.2 Å². The maximum Gasteiger partial charge on any atom is 0.250 e. The van der Waals surface area contributed by atoms with E-state index >= 15 is 0 Å². The molecule has 0 saturated carbocycles. The van der Waals surface area contributed by atoms with E-state index in [1.807, 2.05) is 30.3 Å². The third-order valence-corrected chi connectivity index (χ3v) is 5.04. The van der Waals surface area contributed by atoms with E-state index < -0.39 is 0 Å². The molecule has 1 atom stereocenters. The average molecular weight is 393 g/mol. The molecule has 9 heteroatoms. The Kier molecular flexibility index (Phi) is 4.19. The number of hydrogen-bond acceptors (Lipinski definition) is 7. The van der Waals surface area contributed by atoms with Crippen molar-refractivity contribution >= 4 is 17.4 Å². The summed E-state index contributed by atoms with van der Waals surface area (Å²) >= 11 is 0. The first-order valence-electron chi connectivity index (χ1n) is 9.24. The van der Waals surface area contributed by atoms with Gasteiger partial charge in [0.2, 0.25) is 12.7 Å². The molecule has 1 unspecified atom stereocenters. The number of ether oxygens (including phenoxy) is 3. The van der Waals surface area contributed by atoms with Crippen LogP contribution in [0.2, 0.25) is 0 Å². The molecule has 0 spiro atoms. The van der Waals surface area contributed by atoms with Crippen LogP contribution in [0.1, 0.15) is 6.42 Å². The molecule has 1 amide bonds. The van der Waals surface area contributed by atoms with Crippen LogP contribution in [0.5, 0.6) is 17.4 Å². The molecule has 1 aromatic carbocycles. The lowest BCUT2D eigenvalue weighted by atomic mass is 10.1. The van der Waals surface area contributed by atoms with Crippen molar-refractivity contribution in [2.45, 2.75) is 12.5 Å². The van der Waals surface area contributed by atoms with Crippen molar-refractivity contribution in [2.75, 3.05) is 30.7 Å². The molecule has 1 saturated heterocycles. The van der Waals surface area contributed by atoms with E-state index in [0.29, 0.717) is 36.2 Å². The first-order valence-corrected chi connectivity index (χ1v) is 9.24. The number of methoxy groups -OCH3 is 1. The van der Waals surface area contributed by atoms with Crippen LogP contribution in [0.3, 0.4) is 0 Å². The van der Waals surface area contributed by atoms with E-state index in [0.717, 1.165) is 16.8 Å². The molecule has 9 nitrogen and oxygen atoms in total. The number of rotatable bonds is 5. The number of hydrogen-bond donors (Lipinski definition) is 2. The van der Waals surface area contributed by atoms with Crippen LogP contribution in [0.25, 0.3) is 11.1 Å². The lowest BCUT2D eigenvalue weighted by molar-refractivity contribution is -0.117. The predicted octanol–water partition coefficient (Wildman–Crippen LogP) is 2.43. The molecule has 2 aliphatic rings. The normalized spacial score (nSPS) is 17.6. The monoisotopic (exact) mass is 393 g/mol. The van der Waals surface area contributed by atoms with Crippen molar-refractivity contribution in [2.24, 2.45) is 0 Å². The van der Waals surface area contributed by atoms with Crippen LogP contribution >= 0.6 is 0 Å². The predicted molar refractivity (Wildman–Crippen MR) is 105 cm³/mol. The molecule has 2 N–H and O–H groups in total. The Morgan fingerprint density at radius 2 is 2.14 bits per heavy atom. The van der Waals surface area contributed by atoms with Crippen LogP contribution in [0.15, 0.2) is 42.7 Å². The highest BCUT2D eigenvalue weighted by molar-refractivity contribution is 6.00. The number of carbonyl (C=O) groups is 1. The van der Waals surface area contributed by atoms with E-state index in [2.05, 4.69) is 20.5 Å². The Balaban J connectivity index is 1.34. The Morgan fingerprint density at radius 1 is 1.24 bits per heavy atom. The van der Waals surface area contributed by atoms with E-state index in [4.69, 9.17) is 14.2 Å². The maximum absolute atomic E-state index is 13.0. The van der Waals surface area contributed by atoms with Crippen molar-refractivity contribution in [1.29, 1.82) is 0 Å². The van der Waals surface area contributed by atoms with Crippen molar-refractivity contribution in [3.8, 4) is 28.5 Å². The minimum absolute atomic E-state index is 0.0340. The lowest BCUT2D eigenvalue weighted by Crippen LogP contribution is -2.33. The maximum atomic E-state index is 13.0. The number of anilines is 2. The zero-order valence-electron chi connectivity index (χ0n) is 15.7. The zero-order chi connectivity index (χ0) is 19.8. The molecule has 148 valence electrons. The first-order chi connectivity index (χ1) is 14.2. The number of nitrogens with zero attached hydrogens (tertiary/aromatic N) is 3. The van der Waals surface area contributed by atoms with Gasteiger partial charge in [-0.25, -0.2) is 0 Å². The number of carbonyl (C=O) groups excluding carboxylic acids is 1. The van der Waals surface area contributed by atoms with E-state index in [1.54, 1.807) is 24.4 Å². The average Bonchev–Trinajstić information content (AvgIpc) is 3.49. The topological polar surface area (TPSA) is 102 Å². The Morgan fingerprint density at radius 3 is 2.97 bits per heavy atom. The Bertz CT molecular complexity index is 1050. The van der Waals surface area contributed by atoms with E-state index in [9.17, 15) is 4.79 Å². The molecule has 2 aromatic heterocycles. The molecule has 0 radical (unpaired) electrons. The number of nitrogens with one attached hydrogen (secondary N) is 2. The smallest absolute Gasteiger partial charge is 0.250 e. The van der Waals surface area contributed by atoms with Crippen LogP contribution < -0.4 is 24.4 Å². The summed E-state index contributed by atoms with van der Waals surface area (Å²) < 4.78 is 16.2. The second-order valence-corrected chi connectivity index (χ2v) is 6.76. The summed E-state index contributed by atoms with van der Waals surface area (Å²) in [5.41, 5.74) is 2.50. The van der Waals surface area contributed by atoms with Gasteiger partial charge in [-0.1, -0.05) is 0 Å². The molecule has 4 heterocycles. The van der Waals surface area contributed by atoms with Crippen molar-refractivity contribution in [3.63, 3.8) is 0 Å². The minimum atomic E-state index is -0.336. The molecule has 5 rings (SSSR count). The van der Waals surface area contributed by atoms with Gasteiger partial charge in [0.15, 0.2) is 11.5 Å². The van der Waals surface area contributed by atoms with Gasteiger partial charge >= 0.3 is 0 Å². The SMILES string of the molecule is COc1nc(N2CCC(Nc3ccc4c(c3)OCO4)C2=O)ccc1-c1cn[nH]c1.